The van der Waals surface area contributed by atoms with Gasteiger partial charge in [0.15, 0.2) is 5.78 Å². The predicted molar refractivity (Wildman–Crippen MR) is 111 cm³/mol. The zero-order chi connectivity index (χ0) is 21.4. The molecule has 1 aliphatic heterocycles. The summed E-state index contributed by atoms with van der Waals surface area (Å²) >= 11 is 0. The van der Waals surface area contributed by atoms with Crippen LogP contribution in [0, 0.1) is 0 Å². The summed E-state index contributed by atoms with van der Waals surface area (Å²) in [6.07, 6.45) is 0. The zero-order valence-corrected chi connectivity index (χ0v) is 16.6. The fourth-order valence-electron chi connectivity index (χ4n) is 4.14. The molecule has 0 aromatic heterocycles. The van der Waals surface area contributed by atoms with E-state index in [0.29, 0.717) is 23.7 Å². The van der Waals surface area contributed by atoms with Crippen molar-refractivity contribution in [1.82, 2.24) is 0 Å². The van der Waals surface area contributed by atoms with Crippen LogP contribution in [0.1, 0.15) is 45.8 Å². The number of carbonyl (C=O) groups is 1. The molecule has 154 valence electrons. The van der Waals surface area contributed by atoms with Crippen molar-refractivity contribution in [2.75, 3.05) is 13.7 Å². The standard InChI is InChI=1S/C24H22O6/c1-13(25)22-20(29-2)10-9-18(24(22)28)23-17-8-7-16(27)11-21(17)30-12-19(23)14-3-5-15(26)6-4-14/h3-11,19,23,26-28H,12H2,1-2H3/t19-,23-/m1/s1. The number of fused-ring (bicyclic) bond motifs is 1. The summed E-state index contributed by atoms with van der Waals surface area (Å²) in [4.78, 5) is 12.2. The van der Waals surface area contributed by atoms with Crippen molar-refractivity contribution in [1.29, 1.82) is 0 Å². The molecule has 3 N–H and O–H groups in total. The molecule has 3 aromatic rings. The van der Waals surface area contributed by atoms with Gasteiger partial charge in [-0.05, 0) is 36.8 Å². The molecule has 0 radical (unpaired) electrons. The van der Waals surface area contributed by atoms with E-state index in [1.807, 2.05) is 12.1 Å². The third-order valence-electron chi connectivity index (χ3n) is 5.55. The second-order valence-electron chi connectivity index (χ2n) is 7.35. The van der Waals surface area contributed by atoms with E-state index in [4.69, 9.17) is 9.47 Å². The Bertz CT molecular complexity index is 1100. The van der Waals surface area contributed by atoms with Crippen LogP contribution in [0.4, 0.5) is 0 Å². The highest BCUT2D eigenvalue weighted by Crippen LogP contribution is 2.50. The second-order valence-corrected chi connectivity index (χ2v) is 7.35. The fourth-order valence-corrected chi connectivity index (χ4v) is 4.14. The average molecular weight is 406 g/mol. The van der Waals surface area contributed by atoms with E-state index < -0.39 is 0 Å². The number of rotatable bonds is 4. The molecule has 2 atom stereocenters. The van der Waals surface area contributed by atoms with Gasteiger partial charge < -0.3 is 24.8 Å². The summed E-state index contributed by atoms with van der Waals surface area (Å²) in [5, 5.41) is 30.6. The van der Waals surface area contributed by atoms with E-state index in [0.717, 1.165) is 11.1 Å². The van der Waals surface area contributed by atoms with Crippen LogP contribution < -0.4 is 9.47 Å². The number of methoxy groups -OCH3 is 1. The molecule has 0 unspecified atom stereocenters. The Morgan fingerprint density at radius 2 is 1.63 bits per heavy atom. The number of Topliss-reactive ketones (excluding diaryl/α,β-unsaturated/α-hetero) is 1. The lowest BCUT2D eigenvalue weighted by atomic mass is 9.75. The van der Waals surface area contributed by atoms with Crippen molar-refractivity contribution in [3.63, 3.8) is 0 Å². The van der Waals surface area contributed by atoms with Gasteiger partial charge in [-0.25, -0.2) is 0 Å². The number of benzene rings is 3. The van der Waals surface area contributed by atoms with Gasteiger partial charge in [0, 0.05) is 29.0 Å². The number of ether oxygens (including phenoxy) is 2. The summed E-state index contributed by atoms with van der Waals surface area (Å²) < 4.78 is 11.2. The van der Waals surface area contributed by atoms with Gasteiger partial charge in [-0.1, -0.05) is 24.3 Å². The van der Waals surface area contributed by atoms with Gasteiger partial charge in [0.05, 0.1) is 13.7 Å². The van der Waals surface area contributed by atoms with Crippen molar-refractivity contribution in [3.8, 4) is 28.7 Å². The Balaban J connectivity index is 1.94. The first-order valence-electron chi connectivity index (χ1n) is 9.56. The van der Waals surface area contributed by atoms with Crippen LogP contribution in [-0.4, -0.2) is 34.8 Å². The minimum absolute atomic E-state index is 0.0824. The van der Waals surface area contributed by atoms with E-state index in [9.17, 15) is 20.1 Å². The summed E-state index contributed by atoms with van der Waals surface area (Å²) in [5.41, 5.74) is 2.39. The number of phenolic OH excluding ortho intramolecular Hbond substituents is 3. The summed E-state index contributed by atoms with van der Waals surface area (Å²) in [6.45, 7) is 1.68. The SMILES string of the molecule is COc1ccc([C@H]2c3ccc(O)cc3OC[C@@H]2c2ccc(O)cc2)c(O)c1C(C)=O. The van der Waals surface area contributed by atoms with E-state index in [1.54, 1.807) is 42.5 Å². The number of carbonyl (C=O) groups excluding carboxylic acids is 1. The van der Waals surface area contributed by atoms with E-state index >= 15 is 0 Å². The molecule has 0 spiro atoms. The highest BCUT2D eigenvalue weighted by molar-refractivity contribution is 6.00. The number of phenols is 3. The van der Waals surface area contributed by atoms with Crippen LogP contribution >= 0.6 is 0 Å². The summed E-state index contributed by atoms with van der Waals surface area (Å²) in [7, 11) is 1.45. The molecular formula is C24H22O6. The molecule has 0 fully saturated rings. The summed E-state index contributed by atoms with van der Waals surface area (Å²) in [5.74, 6) is 0.103. The first kappa shape index (κ1) is 19.6. The van der Waals surface area contributed by atoms with Gasteiger partial charge >= 0.3 is 0 Å². The first-order chi connectivity index (χ1) is 14.4. The number of hydrogen-bond acceptors (Lipinski definition) is 6. The van der Waals surface area contributed by atoms with Gasteiger partial charge in [-0.15, -0.1) is 0 Å². The molecule has 6 heteroatoms. The molecule has 3 aromatic carbocycles. The van der Waals surface area contributed by atoms with Crippen LogP contribution in [0.5, 0.6) is 28.7 Å². The molecule has 4 rings (SSSR count). The topological polar surface area (TPSA) is 96.2 Å². The van der Waals surface area contributed by atoms with Gasteiger partial charge in [0.25, 0.3) is 0 Å². The number of hydrogen-bond donors (Lipinski definition) is 3. The van der Waals surface area contributed by atoms with Crippen LogP contribution in [-0.2, 0) is 0 Å². The maximum absolute atomic E-state index is 12.2. The van der Waals surface area contributed by atoms with E-state index in [2.05, 4.69) is 0 Å². The molecule has 1 aliphatic rings. The third-order valence-corrected chi connectivity index (χ3v) is 5.55. The van der Waals surface area contributed by atoms with Crippen LogP contribution in [0.2, 0.25) is 0 Å². The lowest BCUT2D eigenvalue weighted by molar-refractivity contribution is 0.101. The number of ketones is 1. The van der Waals surface area contributed by atoms with Gasteiger partial charge in [-0.2, -0.15) is 0 Å². The lowest BCUT2D eigenvalue weighted by Gasteiger charge is -2.35. The normalized spacial score (nSPS) is 17.7. The van der Waals surface area contributed by atoms with Crippen LogP contribution in [0.15, 0.2) is 54.6 Å². The van der Waals surface area contributed by atoms with Gasteiger partial charge in [-0.3, -0.25) is 4.79 Å². The molecule has 0 saturated carbocycles. The molecule has 0 aliphatic carbocycles. The van der Waals surface area contributed by atoms with Crippen molar-refractivity contribution in [2.24, 2.45) is 0 Å². The highest BCUT2D eigenvalue weighted by Gasteiger charge is 2.36. The second kappa shape index (κ2) is 7.63. The minimum Gasteiger partial charge on any atom is -0.508 e. The van der Waals surface area contributed by atoms with Crippen molar-refractivity contribution in [3.05, 3.63) is 76.9 Å². The Morgan fingerprint density at radius 3 is 2.30 bits per heavy atom. The fraction of sp³-hybridized carbons (Fsp3) is 0.208. The Morgan fingerprint density at radius 1 is 0.967 bits per heavy atom. The Kier molecular flexibility index (Phi) is 4.99. The molecule has 6 nitrogen and oxygen atoms in total. The molecule has 30 heavy (non-hydrogen) atoms. The van der Waals surface area contributed by atoms with Crippen LogP contribution in [0.25, 0.3) is 0 Å². The molecule has 0 bridgehead atoms. The van der Waals surface area contributed by atoms with Crippen LogP contribution in [0.3, 0.4) is 0 Å². The lowest BCUT2D eigenvalue weighted by Crippen LogP contribution is -2.25. The average Bonchev–Trinajstić information content (AvgIpc) is 2.73. The van der Waals surface area contributed by atoms with Crippen molar-refractivity contribution < 1.29 is 29.6 Å². The summed E-state index contributed by atoms with van der Waals surface area (Å²) in [6, 6.07) is 15.1. The monoisotopic (exact) mass is 406 g/mol. The van der Waals surface area contributed by atoms with Gasteiger partial charge in [0.2, 0.25) is 0 Å². The molecule has 1 heterocycles. The molecule has 0 saturated heterocycles. The van der Waals surface area contributed by atoms with Gasteiger partial charge in [0.1, 0.15) is 34.3 Å². The largest absolute Gasteiger partial charge is 0.508 e. The van der Waals surface area contributed by atoms with Crippen molar-refractivity contribution in [2.45, 2.75) is 18.8 Å². The maximum atomic E-state index is 12.2. The Hall–Kier alpha value is -3.67. The minimum atomic E-state index is -0.345. The zero-order valence-electron chi connectivity index (χ0n) is 16.6. The number of aromatic hydroxyl groups is 3. The Labute approximate surface area is 174 Å². The predicted octanol–water partition coefficient (Wildman–Crippen LogP) is 4.32. The highest BCUT2D eigenvalue weighted by atomic mass is 16.5. The maximum Gasteiger partial charge on any atom is 0.167 e. The molecule has 0 amide bonds. The van der Waals surface area contributed by atoms with E-state index in [-0.39, 0.29) is 40.4 Å². The third kappa shape index (κ3) is 3.30. The van der Waals surface area contributed by atoms with E-state index in [1.165, 1.54) is 14.0 Å². The first-order valence-corrected chi connectivity index (χ1v) is 9.56. The molecular weight excluding hydrogens is 384 g/mol. The van der Waals surface area contributed by atoms with Crippen molar-refractivity contribution >= 4 is 5.78 Å². The quantitative estimate of drug-likeness (QED) is 0.559. The smallest absolute Gasteiger partial charge is 0.167 e.